The monoisotopic (exact) mass is 270 g/mol. The first-order chi connectivity index (χ1) is 9.79. The zero-order chi connectivity index (χ0) is 13.9. The zero-order valence-electron chi connectivity index (χ0n) is 11.7. The van der Waals surface area contributed by atoms with Crippen LogP contribution in [0.1, 0.15) is 41.1 Å². The summed E-state index contributed by atoms with van der Waals surface area (Å²) in [4.78, 5) is 4.59. The van der Waals surface area contributed by atoms with Crippen LogP contribution in [0, 0.1) is 5.82 Å². The summed E-state index contributed by atoms with van der Waals surface area (Å²) in [6.45, 7) is 0.686. The minimum Gasteiger partial charge on any atom is -0.316 e. The summed E-state index contributed by atoms with van der Waals surface area (Å²) >= 11 is 0. The highest BCUT2D eigenvalue weighted by molar-refractivity contribution is 5.40. The fraction of sp³-hybridized carbons (Fsp3) is 0.353. The molecule has 0 saturated heterocycles. The largest absolute Gasteiger partial charge is 0.316 e. The Bertz CT molecular complexity index is 610. The Morgan fingerprint density at radius 3 is 3.10 bits per heavy atom. The summed E-state index contributed by atoms with van der Waals surface area (Å²) in [5.74, 6) is 0.125. The lowest BCUT2D eigenvalue weighted by Crippen LogP contribution is -2.16. The number of aryl methyl sites for hydroxylation is 1. The molecular formula is C17H19FN2. The van der Waals surface area contributed by atoms with Crippen LogP contribution in [0.25, 0.3) is 0 Å². The molecule has 0 aliphatic heterocycles. The van der Waals surface area contributed by atoms with Crippen LogP contribution in [0.3, 0.4) is 0 Å². The van der Waals surface area contributed by atoms with Gasteiger partial charge >= 0.3 is 0 Å². The summed E-state index contributed by atoms with van der Waals surface area (Å²) in [7, 11) is 1.89. The smallest absolute Gasteiger partial charge is 0.123 e. The van der Waals surface area contributed by atoms with Crippen molar-refractivity contribution in [2.75, 3.05) is 7.05 Å². The standard InChI is InChI=1S/C17H19FN2/c1-19-11-13-10-14(18)7-8-15(13)16-6-2-4-12-5-3-9-20-17(12)16/h3,5,7-10,16,19H,2,4,6,11H2,1H3. The van der Waals surface area contributed by atoms with Crippen molar-refractivity contribution >= 4 is 0 Å². The quantitative estimate of drug-likeness (QED) is 0.924. The van der Waals surface area contributed by atoms with Gasteiger partial charge in [0.05, 0.1) is 5.69 Å². The Hall–Kier alpha value is -1.74. The highest BCUT2D eigenvalue weighted by Gasteiger charge is 2.24. The number of rotatable bonds is 3. The first-order valence-corrected chi connectivity index (χ1v) is 7.16. The van der Waals surface area contributed by atoms with E-state index in [2.05, 4.69) is 16.4 Å². The third kappa shape index (κ3) is 2.46. The molecule has 3 rings (SSSR count). The molecule has 20 heavy (non-hydrogen) atoms. The van der Waals surface area contributed by atoms with Crippen molar-refractivity contribution < 1.29 is 4.39 Å². The number of hydrogen-bond donors (Lipinski definition) is 1. The predicted octanol–water partition coefficient (Wildman–Crippen LogP) is 3.41. The van der Waals surface area contributed by atoms with Crippen LogP contribution < -0.4 is 5.32 Å². The molecular weight excluding hydrogens is 251 g/mol. The number of pyridine rings is 1. The Balaban J connectivity index is 2.06. The molecule has 2 aromatic rings. The van der Waals surface area contributed by atoms with Gasteiger partial charge in [-0.1, -0.05) is 12.1 Å². The van der Waals surface area contributed by atoms with Gasteiger partial charge in [-0.25, -0.2) is 4.39 Å². The van der Waals surface area contributed by atoms with E-state index >= 15 is 0 Å². The molecule has 3 heteroatoms. The molecule has 104 valence electrons. The third-order valence-corrected chi connectivity index (χ3v) is 4.04. The molecule has 0 spiro atoms. The molecule has 1 heterocycles. The Labute approximate surface area is 119 Å². The summed E-state index contributed by atoms with van der Waals surface area (Å²) in [6.07, 6.45) is 5.22. The number of nitrogens with one attached hydrogen (secondary N) is 1. The molecule has 0 radical (unpaired) electrons. The van der Waals surface area contributed by atoms with E-state index in [0.29, 0.717) is 12.5 Å². The second-order valence-electron chi connectivity index (χ2n) is 5.37. The van der Waals surface area contributed by atoms with Gasteiger partial charge in [0.2, 0.25) is 0 Å². The van der Waals surface area contributed by atoms with Crippen LogP contribution in [0.2, 0.25) is 0 Å². The van der Waals surface area contributed by atoms with Gasteiger partial charge in [-0.05, 0) is 61.2 Å². The summed E-state index contributed by atoms with van der Waals surface area (Å²) < 4.78 is 13.5. The molecule has 1 aromatic carbocycles. The van der Waals surface area contributed by atoms with E-state index in [9.17, 15) is 4.39 Å². The van der Waals surface area contributed by atoms with Gasteiger partial charge in [0.15, 0.2) is 0 Å². The Morgan fingerprint density at radius 2 is 2.25 bits per heavy atom. The number of hydrogen-bond acceptors (Lipinski definition) is 2. The van der Waals surface area contributed by atoms with Crippen LogP contribution in [-0.2, 0) is 13.0 Å². The van der Waals surface area contributed by atoms with E-state index in [1.54, 1.807) is 12.1 Å². The van der Waals surface area contributed by atoms with E-state index in [1.807, 2.05) is 25.4 Å². The summed E-state index contributed by atoms with van der Waals surface area (Å²) in [5, 5.41) is 3.13. The van der Waals surface area contributed by atoms with Crippen molar-refractivity contribution in [3.63, 3.8) is 0 Å². The van der Waals surface area contributed by atoms with Crippen molar-refractivity contribution in [2.24, 2.45) is 0 Å². The highest BCUT2D eigenvalue weighted by Crippen LogP contribution is 2.36. The maximum absolute atomic E-state index is 13.5. The highest BCUT2D eigenvalue weighted by atomic mass is 19.1. The molecule has 1 N–H and O–H groups in total. The van der Waals surface area contributed by atoms with Gasteiger partial charge in [-0.3, -0.25) is 4.98 Å². The van der Waals surface area contributed by atoms with Gasteiger partial charge in [0.1, 0.15) is 5.82 Å². The molecule has 1 aliphatic carbocycles. The van der Waals surface area contributed by atoms with Crippen molar-refractivity contribution in [3.05, 3.63) is 64.7 Å². The van der Waals surface area contributed by atoms with E-state index in [4.69, 9.17) is 0 Å². The van der Waals surface area contributed by atoms with Gasteiger partial charge in [-0.15, -0.1) is 0 Å². The van der Waals surface area contributed by atoms with Gasteiger partial charge in [0.25, 0.3) is 0 Å². The SMILES string of the molecule is CNCc1cc(F)ccc1C1CCCc2cccnc21. The van der Waals surface area contributed by atoms with Crippen LogP contribution in [0.4, 0.5) is 4.39 Å². The molecule has 2 nitrogen and oxygen atoms in total. The van der Waals surface area contributed by atoms with E-state index in [1.165, 1.54) is 23.2 Å². The maximum atomic E-state index is 13.5. The van der Waals surface area contributed by atoms with Crippen LogP contribution in [0.5, 0.6) is 0 Å². The van der Waals surface area contributed by atoms with Crippen molar-refractivity contribution in [3.8, 4) is 0 Å². The molecule has 1 aromatic heterocycles. The fourth-order valence-electron chi connectivity index (χ4n) is 3.17. The summed E-state index contributed by atoms with van der Waals surface area (Å²) in [5.41, 5.74) is 4.75. The van der Waals surface area contributed by atoms with Crippen LogP contribution in [-0.4, -0.2) is 12.0 Å². The van der Waals surface area contributed by atoms with E-state index < -0.39 is 0 Å². The maximum Gasteiger partial charge on any atom is 0.123 e. The Morgan fingerprint density at radius 1 is 1.35 bits per heavy atom. The fourth-order valence-corrected chi connectivity index (χ4v) is 3.17. The molecule has 0 bridgehead atoms. The van der Waals surface area contributed by atoms with Crippen LogP contribution >= 0.6 is 0 Å². The topological polar surface area (TPSA) is 24.9 Å². The second-order valence-corrected chi connectivity index (χ2v) is 5.37. The minimum absolute atomic E-state index is 0.170. The van der Waals surface area contributed by atoms with Crippen molar-refractivity contribution in [2.45, 2.75) is 31.7 Å². The van der Waals surface area contributed by atoms with Gasteiger partial charge < -0.3 is 5.32 Å². The lowest BCUT2D eigenvalue weighted by molar-refractivity contribution is 0.585. The number of fused-ring (bicyclic) bond motifs is 1. The normalized spacial score (nSPS) is 17.8. The number of nitrogens with zero attached hydrogens (tertiary/aromatic N) is 1. The van der Waals surface area contributed by atoms with E-state index in [0.717, 1.165) is 18.4 Å². The van der Waals surface area contributed by atoms with Gasteiger partial charge in [-0.2, -0.15) is 0 Å². The molecule has 0 saturated carbocycles. The number of benzene rings is 1. The second kappa shape index (κ2) is 5.71. The minimum atomic E-state index is -0.170. The van der Waals surface area contributed by atoms with Crippen molar-refractivity contribution in [1.82, 2.24) is 10.3 Å². The Kier molecular flexibility index (Phi) is 3.79. The lowest BCUT2D eigenvalue weighted by Gasteiger charge is -2.26. The third-order valence-electron chi connectivity index (χ3n) is 4.04. The average molecular weight is 270 g/mol. The molecule has 1 aliphatic rings. The first-order valence-electron chi connectivity index (χ1n) is 7.16. The van der Waals surface area contributed by atoms with E-state index in [-0.39, 0.29) is 5.82 Å². The lowest BCUT2D eigenvalue weighted by atomic mass is 9.80. The number of aromatic nitrogens is 1. The molecule has 1 unspecified atom stereocenters. The van der Waals surface area contributed by atoms with Crippen LogP contribution in [0.15, 0.2) is 36.5 Å². The average Bonchev–Trinajstić information content (AvgIpc) is 2.47. The molecule has 1 atom stereocenters. The predicted molar refractivity (Wildman–Crippen MR) is 78.2 cm³/mol. The van der Waals surface area contributed by atoms with Crippen molar-refractivity contribution in [1.29, 1.82) is 0 Å². The first kappa shape index (κ1) is 13.3. The summed E-state index contributed by atoms with van der Waals surface area (Å²) in [6, 6.07) is 9.29. The number of halogens is 1. The zero-order valence-corrected chi connectivity index (χ0v) is 11.7. The molecule has 0 fully saturated rings. The van der Waals surface area contributed by atoms with Gasteiger partial charge in [0, 0.05) is 18.7 Å². The molecule has 0 amide bonds.